The summed E-state index contributed by atoms with van der Waals surface area (Å²) in [5, 5.41) is 8.81. The van der Waals surface area contributed by atoms with Gasteiger partial charge in [-0.2, -0.15) is 0 Å². The molecule has 100 valence electrons. The van der Waals surface area contributed by atoms with Crippen LogP contribution in [0.2, 0.25) is 0 Å². The maximum Gasteiger partial charge on any atom is 0.344 e. The number of ether oxygens (including phenoxy) is 4. The molecule has 0 aromatic heterocycles. The van der Waals surface area contributed by atoms with Crippen molar-refractivity contribution < 1.29 is 28.8 Å². The van der Waals surface area contributed by atoms with Crippen LogP contribution >= 0.6 is 0 Å². The number of carboxylic acid groups (broad SMARTS) is 1. The first-order valence-electron chi connectivity index (χ1n) is 5.23. The maximum absolute atomic E-state index is 10.8. The molecule has 1 atom stereocenters. The second-order valence-electron chi connectivity index (χ2n) is 3.43. The second-order valence-corrected chi connectivity index (χ2v) is 3.43. The first-order valence-corrected chi connectivity index (χ1v) is 5.23. The molecule has 18 heavy (non-hydrogen) atoms. The van der Waals surface area contributed by atoms with E-state index in [1.54, 1.807) is 12.1 Å². The molecule has 0 aliphatic heterocycles. The lowest BCUT2D eigenvalue weighted by atomic mass is 10.2. The van der Waals surface area contributed by atoms with Crippen LogP contribution in [0.4, 0.5) is 0 Å². The highest BCUT2D eigenvalue weighted by atomic mass is 16.6. The summed E-state index contributed by atoms with van der Waals surface area (Å²) in [4.78, 5) is 10.8. The van der Waals surface area contributed by atoms with Crippen LogP contribution in [0.25, 0.3) is 0 Å². The van der Waals surface area contributed by atoms with Crippen LogP contribution in [-0.4, -0.2) is 38.5 Å². The van der Waals surface area contributed by atoms with Crippen molar-refractivity contribution in [2.24, 2.45) is 0 Å². The SMILES string of the molecule is COc1ccc(OC(C)C(=O)O)c(OC)c1OC. The highest BCUT2D eigenvalue weighted by molar-refractivity contribution is 5.72. The summed E-state index contributed by atoms with van der Waals surface area (Å²) in [6, 6.07) is 3.19. The minimum Gasteiger partial charge on any atom is -0.493 e. The number of carbonyl (C=O) groups is 1. The van der Waals surface area contributed by atoms with Crippen LogP contribution in [-0.2, 0) is 4.79 Å². The molecular weight excluding hydrogens is 240 g/mol. The normalized spacial score (nSPS) is 11.6. The highest BCUT2D eigenvalue weighted by Crippen LogP contribution is 2.44. The topological polar surface area (TPSA) is 74.2 Å². The molecule has 0 radical (unpaired) electrons. The molecule has 0 aliphatic carbocycles. The van der Waals surface area contributed by atoms with Gasteiger partial charge in [-0.15, -0.1) is 0 Å². The van der Waals surface area contributed by atoms with E-state index >= 15 is 0 Å². The Kier molecular flexibility index (Phi) is 4.65. The summed E-state index contributed by atoms with van der Waals surface area (Å²) in [7, 11) is 4.40. The number of benzene rings is 1. The molecule has 1 rings (SSSR count). The lowest BCUT2D eigenvalue weighted by Gasteiger charge is -2.17. The molecule has 0 amide bonds. The third kappa shape index (κ3) is 2.77. The lowest BCUT2D eigenvalue weighted by Crippen LogP contribution is -2.23. The molecular formula is C12H16O6. The number of carboxylic acids is 1. The Hall–Kier alpha value is -2.11. The Labute approximate surface area is 105 Å². The lowest BCUT2D eigenvalue weighted by molar-refractivity contribution is -0.144. The van der Waals surface area contributed by atoms with Crippen LogP contribution in [0.15, 0.2) is 12.1 Å². The van der Waals surface area contributed by atoms with Crippen molar-refractivity contribution in [3.05, 3.63) is 12.1 Å². The second kappa shape index (κ2) is 6.00. The molecule has 1 aromatic rings. The van der Waals surface area contributed by atoms with Crippen molar-refractivity contribution in [2.45, 2.75) is 13.0 Å². The zero-order chi connectivity index (χ0) is 13.7. The van der Waals surface area contributed by atoms with Crippen LogP contribution in [0.3, 0.4) is 0 Å². The average Bonchev–Trinajstić information content (AvgIpc) is 2.37. The fourth-order valence-corrected chi connectivity index (χ4v) is 1.41. The van der Waals surface area contributed by atoms with Gasteiger partial charge in [0.05, 0.1) is 21.3 Å². The monoisotopic (exact) mass is 256 g/mol. The van der Waals surface area contributed by atoms with Gasteiger partial charge in [-0.25, -0.2) is 4.79 Å². The van der Waals surface area contributed by atoms with Crippen molar-refractivity contribution in [3.63, 3.8) is 0 Å². The third-order valence-corrected chi connectivity index (χ3v) is 2.32. The van der Waals surface area contributed by atoms with E-state index < -0.39 is 12.1 Å². The molecule has 0 saturated heterocycles. The predicted octanol–water partition coefficient (Wildman–Crippen LogP) is 1.56. The first-order chi connectivity index (χ1) is 8.54. The molecule has 1 aromatic carbocycles. The summed E-state index contributed by atoms with van der Waals surface area (Å²) >= 11 is 0. The van der Waals surface area contributed by atoms with Gasteiger partial charge >= 0.3 is 5.97 Å². The van der Waals surface area contributed by atoms with Crippen molar-refractivity contribution in [3.8, 4) is 23.0 Å². The van der Waals surface area contributed by atoms with Gasteiger partial charge in [0, 0.05) is 0 Å². The van der Waals surface area contributed by atoms with Crippen LogP contribution in [0.1, 0.15) is 6.92 Å². The summed E-state index contributed by atoms with van der Waals surface area (Å²) in [5.74, 6) is 0.349. The largest absolute Gasteiger partial charge is 0.493 e. The zero-order valence-corrected chi connectivity index (χ0v) is 10.7. The summed E-state index contributed by atoms with van der Waals surface area (Å²) in [6.07, 6.45) is -0.989. The molecule has 6 nitrogen and oxygen atoms in total. The number of methoxy groups -OCH3 is 3. The van der Waals surface area contributed by atoms with Crippen molar-refractivity contribution in [2.75, 3.05) is 21.3 Å². The van der Waals surface area contributed by atoms with E-state index in [0.29, 0.717) is 17.2 Å². The van der Waals surface area contributed by atoms with E-state index in [1.165, 1.54) is 28.3 Å². The number of hydrogen-bond acceptors (Lipinski definition) is 5. The van der Waals surface area contributed by atoms with Gasteiger partial charge in [0.1, 0.15) is 0 Å². The fraction of sp³-hybridized carbons (Fsp3) is 0.417. The van der Waals surface area contributed by atoms with Gasteiger partial charge in [-0.05, 0) is 19.1 Å². The number of aliphatic carboxylic acids is 1. The predicted molar refractivity (Wildman–Crippen MR) is 63.8 cm³/mol. The summed E-state index contributed by atoms with van der Waals surface area (Å²) in [6.45, 7) is 1.43. The molecule has 0 spiro atoms. The van der Waals surface area contributed by atoms with E-state index in [0.717, 1.165) is 0 Å². The smallest absolute Gasteiger partial charge is 0.344 e. The van der Waals surface area contributed by atoms with Gasteiger partial charge in [-0.3, -0.25) is 0 Å². The third-order valence-electron chi connectivity index (χ3n) is 2.32. The van der Waals surface area contributed by atoms with Gasteiger partial charge in [-0.1, -0.05) is 0 Å². The van der Waals surface area contributed by atoms with Crippen molar-refractivity contribution >= 4 is 5.97 Å². The molecule has 1 unspecified atom stereocenters. The Balaban J connectivity index is 3.16. The van der Waals surface area contributed by atoms with E-state index in [1.807, 2.05) is 0 Å². The quantitative estimate of drug-likeness (QED) is 0.832. The standard InChI is InChI=1S/C12H16O6/c1-7(12(13)14)18-9-6-5-8(15-2)10(16-3)11(9)17-4/h5-7H,1-4H3,(H,13,14). The molecule has 6 heteroatoms. The Bertz CT molecular complexity index is 429. The average molecular weight is 256 g/mol. The summed E-state index contributed by atoms with van der Waals surface area (Å²) < 4.78 is 20.7. The van der Waals surface area contributed by atoms with Crippen molar-refractivity contribution in [1.29, 1.82) is 0 Å². The number of hydrogen-bond donors (Lipinski definition) is 1. The fourth-order valence-electron chi connectivity index (χ4n) is 1.41. The molecule has 0 aliphatic rings. The molecule has 1 N–H and O–H groups in total. The van der Waals surface area contributed by atoms with Gasteiger partial charge in [0.25, 0.3) is 0 Å². The van der Waals surface area contributed by atoms with Gasteiger partial charge in [0.2, 0.25) is 11.5 Å². The molecule has 0 fully saturated rings. The van der Waals surface area contributed by atoms with E-state index in [2.05, 4.69) is 0 Å². The van der Waals surface area contributed by atoms with Gasteiger partial charge in [0.15, 0.2) is 17.6 Å². The van der Waals surface area contributed by atoms with Crippen molar-refractivity contribution in [1.82, 2.24) is 0 Å². The molecule has 0 heterocycles. The van der Waals surface area contributed by atoms with E-state index in [4.69, 9.17) is 24.1 Å². The zero-order valence-electron chi connectivity index (χ0n) is 10.7. The maximum atomic E-state index is 10.8. The molecule has 0 bridgehead atoms. The van der Waals surface area contributed by atoms with Gasteiger partial charge < -0.3 is 24.1 Å². The minimum atomic E-state index is -1.06. The highest BCUT2D eigenvalue weighted by Gasteiger charge is 2.20. The Morgan fingerprint density at radius 2 is 1.56 bits per heavy atom. The van der Waals surface area contributed by atoms with Crippen LogP contribution in [0.5, 0.6) is 23.0 Å². The van der Waals surface area contributed by atoms with Crippen LogP contribution in [0, 0.1) is 0 Å². The van der Waals surface area contributed by atoms with E-state index in [-0.39, 0.29) is 5.75 Å². The minimum absolute atomic E-state index is 0.282. The number of rotatable bonds is 6. The Morgan fingerprint density at radius 1 is 1.06 bits per heavy atom. The summed E-state index contributed by atoms with van der Waals surface area (Å²) in [5.41, 5.74) is 0. The molecule has 0 saturated carbocycles. The Morgan fingerprint density at radius 3 is 2.00 bits per heavy atom. The van der Waals surface area contributed by atoms with E-state index in [9.17, 15) is 4.79 Å². The first kappa shape index (κ1) is 14.0. The van der Waals surface area contributed by atoms with Crippen LogP contribution < -0.4 is 18.9 Å².